The summed E-state index contributed by atoms with van der Waals surface area (Å²) in [6.45, 7) is 5.35. The fourth-order valence-electron chi connectivity index (χ4n) is 3.49. The number of carbonyl (C=O) groups excluding carboxylic acids is 1. The minimum atomic E-state index is -4.70. The Kier molecular flexibility index (Phi) is 7.53. The fourth-order valence-corrected chi connectivity index (χ4v) is 3.69. The highest BCUT2D eigenvalue weighted by molar-refractivity contribution is 6.33. The molecule has 1 aliphatic heterocycles. The average molecular weight is 551 g/mol. The number of aromatic hydroxyl groups is 1. The number of amides is 1. The molecule has 1 amide bonds. The number of ether oxygens (including phenoxy) is 2. The van der Waals surface area contributed by atoms with Gasteiger partial charge in [-0.1, -0.05) is 24.6 Å². The van der Waals surface area contributed by atoms with Gasteiger partial charge in [0.15, 0.2) is 11.6 Å². The standard InChI is InChI=1S/C26H26ClF3N4O4/c1-24(2,26(28,29)30)22(35)31-11-15-4-9-19(27)18(10-15)21-32-20(33-23(36)34-21)16-5-7-17(8-6-16)38-14-25(3)12-37-13-25/h4-10H,11-14H2,1-3H3,(H,31,35)(H,32,33,34,36). The molecule has 0 unspecified atom stereocenters. The van der Waals surface area contributed by atoms with Gasteiger partial charge in [0.1, 0.15) is 11.2 Å². The number of nitrogens with zero attached hydrogens (tertiary/aromatic N) is 3. The molecule has 0 aliphatic carbocycles. The van der Waals surface area contributed by atoms with Crippen molar-refractivity contribution in [2.24, 2.45) is 10.8 Å². The minimum Gasteiger partial charge on any atom is -0.493 e. The molecule has 0 spiro atoms. The van der Waals surface area contributed by atoms with Crippen LogP contribution in [0.2, 0.25) is 5.02 Å². The highest BCUT2D eigenvalue weighted by Crippen LogP contribution is 2.38. The van der Waals surface area contributed by atoms with E-state index in [4.69, 9.17) is 21.1 Å². The normalized spacial score (nSPS) is 15.0. The lowest BCUT2D eigenvalue weighted by molar-refractivity contribution is -0.211. The summed E-state index contributed by atoms with van der Waals surface area (Å²) >= 11 is 6.34. The van der Waals surface area contributed by atoms with E-state index in [1.165, 1.54) is 12.1 Å². The molecule has 3 aromatic rings. The molecule has 12 heteroatoms. The molecule has 38 heavy (non-hydrogen) atoms. The maximum absolute atomic E-state index is 13.2. The molecule has 0 radical (unpaired) electrons. The van der Waals surface area contributed by atoms with E-state index in [2.05, 4.69) is 27.2 Å². The molecule has 0 bridgehead atoms. The van der Waals surface area contributed by atoms with Crippen LogP contribution in [0, 0.1) is 10.8 Å². The van der Waals surface area contributed by atoms with Crippen molar-refractivity contribution in [3.8, 4) is 34.5 Å². The molecule has 0 atom stereocenters. The lowest BCUT2D eigenvalue weighted by atomic mass is 9.90. The van der Waals surface area contributed by atoms with Gasteiger partial charge in [-0.15, -0.1) is 0 Å². The van der Waals surface area contributed by atoms with Crippen molar-refractivity contribution >= 4 is 17.5 Å². The first-order valence-corrected chi connectivity index (χ1v) is 12.1. The van der Waals surface area contributed by atoms with Gasteiger partial charge >= 0.3 is 12.2 Å². The van der Waals surface area contributed by atoms with Crippen LogP contribution in [0.1, 0.15) is 26.3 Å². The van der Waals surface area contributed by atoms with Gasteiger partial charge in [-0.3, -0.25) is 4.79 Å². The van der Waals surface area contributed by atoms with Gasteiger partial charge in [0, 0.05) is 23.1 Å². The summed E-state index contributed by atoms with van der Waals surface area (Å²) in [5, 5.41) is 12.7. The predicted molar refractivity (Wildman–Crippen MR) is 133 cm³/mol. The number of benzene rings is 2. The van der Waals surface area contributed by atoms with Crippen LogP contribution < -0.4 is 10.1 Å². The van der Waals surface area contributed by atoms with E-state index in [1.807, 2.05) is 0 Å². The van der Waals surface area contributed by atoms with Crippen molar-refractivity contribution < 1.29 is 32.5 Å². The Balaban J connectivity index is 1.52. The summed E-state index contributed by atoms with van der Waals surface area (Å²) in [4.78, 5) is 24.5. The van der Waals surface area contributed by atoms with Crippen LogP contribution in [0.15, 0.2) is 42.5 Å². The second-order valence-corrected chi connectivity index (χ2v) is 10.4. The third kappa shape index (κ3) is 5.99. The zero-order valence-electron chi connectivity index (χ0n) is 20.9. The van der Waals surface area contributed by atoms with E-state index >= 15 is 0 Å². The zero-order valence-corrected chi connectivity index (χ0v) is 21.7. The van der Waals surface area contributed by atoms with Crippen molar-refractivity contribution in [3.05, 3.63) is 53.1 Å². The van der Waals surface area contributed by atoms with Gasteiger partial charge in [0.2, 0.25) is 5.91 Å². The molecule has 1 fully saturated rings. The fraction of sp³-hybridized carbons (Fsp3) is 0.385. The Bertz CT molecular complexity index is 1330. The van der Waals surface area contributed by atoms with Crippen molar-refractivity contribution in [1.29, 1.82) is 0 Å². The maximum Gasteiger partial charge on any atom is 0.402 e. The molecule has 202 valence electrons. The van der Waals surface area contributed by atoms with E-state index in [9.17, 15) is 23.1 Å². The van der Waals surface area contributed by atoms with Gasteiger partial charge < -0.3 is 19.9 Å². The van der Waals surface area contributed by atoms with Crippen molar-refractivity contribution in [3.63, 3.8) is 0 Å². The van der Waals surface area contributed by atoms with E-state index in [0.717, 1.165) is 13.8 Å². The summed E-state index contributed by atoms with van der Waals surface area (Å²) in [5.74, 6) is -0.268. The molecule has 8 nitrogen and oxygen atoms in total. The molecule has 4 rings (SSSR count). The molecule has 2 heterocycles. The van der Waals surface area contributed by atoms with E-state index < -0.39 is 23.5 Å². The lowest BCUT2D eigenvalue weighted by Gasteiger charge is -2.37. The summed E-state index contributed by atoms with van der Waals surface area (Å²) in [7, 11) is 0. The highest BCUT2D eigenvalue weighted by atomic mass is 35.5. The summed E-state index contributed by atoms with van der Waals surface area (Å²) in [6, 6.07) is 11.1. The number of rotatable bonds is 8. The van der Waals surface area contributed by atoms with E-state index in [0.29, 0.717) is 42.3 Å². The van der Waals surface area contributed by atoms with Crippen molar-refractivity contribution in [2.45, 2.75) is 33.5 Å². The quantitative estimate of drug-likeness (QED) is 0.398. The van der Waals surface area contributed by atoms with Crippen molar-refractivity contribution in [1.82, 2.24) is 20.3 Å². The third-order valence-corrected chi connectivity index (χ3v) is 6.56. The van der Waals surface area contributed by atoms with Gasteiger partial charge in [-0.2, -0.15) is 23.1 Å². The number of nitrogens with one attached hydrogen (secondary N) is 1. The molecule has 0 saturated carbocycles. The second kappa shape index (κ2) is 10.4. The van der Waals surface area contributed by atoms with Crippen LogP contribution >= 0.6 is 11.6 Å². The van der Waals surface area contributed by atoms with Gasteiger partial charge in [0.25, 0.3) is 0 Å². The number of aromatic nitrogens is 3. The number of halogens is 4. The third-order valence-electron chi connectivity index (χ3n) is 6.23. The Morgan fingerprint density at radius 2 is 1.76 bits per heavy atom. The summed E-state index contributed by atoms with van der Waals surface area (Å²) < 4.78 is 50.5. The Morgan fingerprint density at radius 1 is 1.11 bits per heavy atom. The topological polar surface area (TPSA) is 106 Å². The first-order chi connectivity index (χ1) is 17.8. The second-order valence-electron chi connectivity index (χ2n) is 10.0. The van der Waals surface area contributed by atoms with Crippen LogP contribution in [-0.2, 0) is 16.1 Å². The first-order valence-electron chi connectivity index (χ1n) is 11.7. The Morgan fingerprint density at radius 3 is 2.37 bits per heavy atom. The van der Waals surface area contributed by atoms with Gasteiger partial charge in [-0.25, -0.2) is 4.98 Å². The predicted octanol–water partition coefficient (Wildman–Crippen LogP) is 5.18. The van der Waals surface area contributed by atoms with Crippen LogP contribution in [0.3, 0.4) is 0 Å². The lowest BCUT2D eigenvalue weighted by Crippen LogP contribution is -2.46. The highest BCUT2D eigenvalue weighted by Gasteiger charge is 2.52. The molecular weight excluding hydrogens is 525 g/mol. The average Bonchev–Trinajstić information content (AvgIpc) is 2.84. The number of hydrogen-bond acceptors (Lipinski definition) is 7. The van der Waals surface area contributed by atoms with E-state index in [1.54, 1.807) is 30.3 Å². The van der Waals surface area contributed by atoms with E-state index in [-0.39, 0.29) is 28.6 Å². The van der Waals surface area contributed by atoms with Crippen LogP contribution in [0.5, 0.6) is 11.8 Å². The van der Waals surface area contributed by atoms with Crippen LogP contribution in [0.25, 0.3) is 22.8 Å². The summed E-state index contributed by atoms with van der Waals surface area (Å²) in [5.41, 5.74) is -1.20. The van der Waals surface area contributed by atoms with Crippen LogP contribution in [0.4, 0.5) is 13.2 Å². The monoisotopic (exact) mass is 550 g/mol. The number of alkyl halides is 3. The molecule has 1 aliphatic rings. The summed E-state index contributed by atoms with van der Waals surface area (Å²) in [6.07, 6.45) is -4.70. The number of hydrogen-bond donors (Lipinski definition) is 2. The van der Waals surface area contributed by atoms with Crippen LogP contribution in [-0.4, -0.2) is 52.0 Å². The van der Waals surface area contributed by atoms with Gasteiger partial charge in [-0.05, 0) is 55.8 Å². The SMILES string of the molecule is CC1(COc2ccc(-c3nc(O)nc(-c4cc(CNC(=O)C(C)(C)C(F)(F)F)ccc4Cl)n3)cc2)COC1. The Labute approximate surface area is 222 Å². The van der Waals surface area contributed by atoms with Crippen molar-refractivity contribution in [2.75, 3.05) is 19.8 Å². The molecule has 1 saturated heterocycles. The molecule has 2 N–H and O–H groups in total. The molecular formula is C26H26ClF3N4O4. The zero-order chi connectivity index (χ0) is 27.7. The first kappa shape index (κ1) is 27.6. The molecule has 2 aromatic carbocycles. The minimum absolute atomic E-state index is 0.00127. The largest absolute Gasteiger partial charge is 0.493 e. The maximum atomic E-state index is 13.2. The van der Waals surface area contributed by atoms with Gasteiger partial charge in [0.05, 0.1) is 24.8 Å². The number of carbonyl (C=O) groups is 1. The Hall–Kier alpha value is -3.44. The smallest absolute Gasteiger partial charge is 0.402 e. The molecule has 1 aromatic heterocycles.